The van der Waals surface area contributed by atoms with Gasteiger partial charge in [0.25, 0.3) is 0 Å². The predicted octanol–water partition coefficient (Wildman–Crippen LogP) is 11.7. The van der Waals surface area contributed by atoms with Crippen LogP contribution in [0.15, 0.2) is 113 Å². The Labute approximate surface area is 289 Å². The molecule has 0 aromatic heterocycles. The highest BCUT2D eigenvalue weighted by atomic mass is 35.5. The molecule has 0 aliphatic rings. The molecule has 0 saturated carbocycles. The van der Waals surface area contributed by atoms with E-state index in [9.17, 15) is 0 Å². The van der Waals surface area contributed by atoms with Crippen molar-refractivity contribution in [1.82, 2.24) is 0 Å². The van der Waals surface area contributed by atoms with Gasteiger partial charge in [0.05, 0.1) is 40.9 Å². The molecule has 5 nitrogen and oxygen atoms in total. The molecule has 0 heterocycles. The fraction of sp³-hybridized carbons (Fsp3) is 0.162. The van der Waals surface area contributed by atoms with E-state index in [4.69, 9.17) is 60.6 Å². The average molecular weight is 693 g/mol. The molecule has 9 heteroatoms. The van der Waals surface area contributed by atoms with Crippen LogP contribution in [0.5, 0.6) is 11.5 Å². The Kier molecular flexibility index (Phi) is 11.3. The topological polar surface area (TPSA) is 52.4 Å². The second kappa shape index (κ2) is 15.3. The van der Waals surface area contributed by atoms with Crippen molar-refractivity contribution in [2.24, 2.45) is 10.2 Å². The van der Waals surface area contributed by atoms with E-state index >= 15 is 0 Å². The molecule has 0 atom stereocenters. The summed E-state index contributed by atoms with van der Waals surface area (Å²) >= 11 is 26.1. The molecular formula is C37H31Cl4N2O3. The van der Waals surface area contributed by atoms with Crippen molar-refractivity contribution in [3.63, 3.8) is 0 Å². The van der Waals surface area contributed by atoms with E-state index in [0.29, 0.717) is 50.9 Å². The van der Waals surface area contributed by atoms with Crippen molar-refractivity contribution in [2.45, 2.75) is 18.4 Å². The van der Waals surface area contributed by atoms with Crippen LogP contribution < -0.4 is 9.47 Å². The molecule has 5 aromatic rings. The summed E-state index contributed by atoms with van der Waals surface area (Å²) in [5.74, 6) is 1.50. The van der Waals surface area contributed by atoms with Gasteiger partial charge in [-0.1, -0.05) is 101 Å². The van der Waals surface area contributed by atoms with E-state index in [-0.39, 0.29) is 0 Å². The van der Waals surface area contributed by atoms with Crippen LogP contribution in [0, 0.1) is 6.92 Å². The van der Waals surface area contributed by atoms with Gasteiger partial charge in [-0.3, -0.25) is 0 Å². The number of methoxy groups -OCH3 is 2. The number of halogens is 4. The maximum atomic E-state index is 6.96. The quantitative estimate of drug-likeness (QED) is 0.0966. The van der Waals surface area contributed by atoms with Gasteiger partial charge in [0.1, 0.15) is 28.5 Å². The number of hydrogen-bond donors (Lipinski definition) is 0. The molecule has 0 amide bonds. The lowest BCUT2D eigenvalue weighted by Crippen LogP contribution is -2.33. The van der Waals surface area contributed by atoms with Crippen molar-refractivity contribution >= 4 is 57.8 Å². The predicted molar refractivity (Wildman–Crippen MR) is 188 cm³/mol. The molecule has 235 valence electrons. The molecule has 0 bridgehead atoms. The highest BCUT2D eigenvalue weighted by Crippen LogP contribution is 2.43. The van der Waals surface area contributed by atoms with Crippen molar-refractivity contribution in [2.75, 3.05) is 20.8 Å². The Bertz CT molecular complexity index is 1720. The van der Waals surface area contributed by atoms with E-state index in [1.165, 1.54) is 0 Å². The SMILES string of the molecule is [CH2]Cc1cc(Cl)c(/N=N/c2c(Cl)cc(CCOC(c3ccccc3)(c3ccc(OC)cc3)c3ccc(OC)cc3)cc2Cl)c(Cl)c1. The Morgan fingerprint density at radius 1 is 0.587 bits per heavy atom. The molecule has 1 radical (unpaired) electrons. The van der Waals surface area contributed by atoms with Gasteiger partial charge in [0, 0.05) is 0 Å². The summed E-state index contributed by atoms with van der Waals surface area (Å²) in [5, 5.41) is 9.95. The van der Waals surface area contributed by atoms with Crippen molar-refractivity contribution < 1.29 is 14.2 Å². The standard InChI is InChI=1S/C37H31Cl4N2O3/c1-4-24-20-31(38)35(32(39)21-24)42-43-36-33(40)22-25(23-34(36)41)18-19-46-37(26-8-6-5-7-9-26,27-10-14-29(44-2)15-11-27)28-12-16-30(45-3)17-13-28/h5-17,20-23H,1,4,18-19H2,2-3H3/b43-42+. The lowest BCUT2D eigenvalue weighted by Gasteiger charge is -2.36. The zero-order valence-corrected chi connectivity index (χ0v) is 28.3. The second-order valence-electron chi connectivity index (χ2n) is 10.4. The molecule has 0 N–H and O–H groups in total. The van der Waals surface area contributed by atoms with Crippen LogP contribution in [-0.2, 0) is 23.2 Å². The van der Waals surface area contributed by atoms with Gasteiger partial charge < -0.3 is 14.2 Å². The largest absolute Gasteiger partial charge is 0.497 e. The van der Waals surface area contributed by atoms with Gasteiger partial charge >= 0.3 is 0 Å². The number of hydrogen-bond acceptors (Lipinski definition) is 5. The van der Waals surface area contributed by atoms with Gasteiger partial charge in [-0.2, -0.15) is 0 Å². The van der Waals surface area contributed by atoms with Crippen LogP contribution in [-0.4, -0.2) is 20.8 Å². The monoisotopic (exact) mass is 691 g/mol. The normalized spacial score (nSPS) is 11.6. The molecule has 0 aliphatic heterocycles. The van der Waals surface area contributed by atoms with Gasteiger partial charge in [0.15, 0.2) is 0 Å². The Morgan fingerprint density at radius 3 is 1.41 bits per heavy atom. The molecule has 0 fully saturated rings. The number of rotatable bonds is 12. The van der Waals surface area contributed by atoms with Crippen LogP contribution in [0.1, 0.15) is 27.8 Å². The fourth-order valence-electron chi connectivity index (χ4n) is 5.21. The Hall–Kier alpha value is -3.58. The summed E-state index contributed by atoms with van der Waals surface area (Å²) in [6.45, 7) is 4.20. The van der Waals surface area contributed by atoms with Crippen LogP contribution in [0.2, 0.25) is 20.1 Å². The Balaban J connectivity index is 1.46. The van der Waals surface area contributed by atoms with Crippen LogP contribution in [0.25, 0.3) is 0 Å². The maximum absolute atomic E-state index is 6.96. The first kappa shape index (κ1) is 33.8. The minimum Gasteiger partial charge on any atom is -0.497 e. The third-order valence-electron chi connectivity index (χ3n) is 7.57. The van der Waals surface area contributed by atoms with E-state index in [2.05, 4.69) is 29.3 Å². The van der Waals surface area contributed by atoms with Gasteiger partial charge in [-0.15, -0.1) is 10.2 Å². The van der Waals surface area contributed by atoms with Crippen LogP contribution >= 0.6 is 46.4 Å². The van der Waals surface area contributed by atoms with Gasteiger partial charge in [-0.05, 0) is 96.1 Å². The molecule has 46 heavy (non-hydrogen) atoms. The zero-order valence-electron chi connectivity index (χ0n) is 25.3. The zero-order chi connectivity index (χ0) is 32.7. The first-order chi connectivity index (χ1) is 22.3. The lowest BCUT2D eigenvalue weighted by atomic mass is 9.80. The summed E-state index contributed by atoms with van der Waals surface area (Å²) in [5.41, 5.74) is 4.33. The Morgan fingerprint density at radius 2 is 1.00 bits per heavy atom. The minimum absolute atomic E-state index is 0.316. The maximum Gasteiger partial charge on any atom is 0.143 e. The summed E-state index contributed by atoms with van der Waals surface area (Å²) in [6, 6.07) is 33.1. The van der Waals surface area contributed by atoms with Gasteiger partial charge in [-0.25, -0.2) is 0 Å². The lowest BCUT2D eigenvalue weighted by molar-refractivity contribution is 0.0147. The second-order valence-corrected chi connectivity index (χ2v) is 12.0. The average Bonchev–Trinajstić information content (AvgIpc) is 3.08. The first-order valence-electron chi connectivity index (χ1n) is 14.4. The molecule has 5 rings (SSSR count). The van der Waals surface area contributed by atoms with Crippen molar-refractivity contribution in [3.05, 3.63) is 158 Å². The third-order valence-corrected chi connectivity index (χ3v) is 8.73. The molecule has 5 aromatic carbocycles. The number of benzene rings is 5. The smallest absolute Gasteiger partial charge is 0.143 e. The summed E-state index contributed by atoms with van der Waals surface area (Å²) < 4.78 is 17.8. The fourth-order valence-corrected chi connectivity index (χ4v) is 6.43. The minimum atomic E-state index is -0.941. The molecule has 0 aliphatic carbocycles. The third kappa shape index (κ3) is 7.35. The highest BCUT2D eigenvalue weighted by molar-refractivity contribution is 6.39. The van der Waals surface area contributed by atoms with Crippen LogP contribution in [0.3, 0.4) is 0 Å². The van der Waals surface area contributed by atoms with Crippen LogP contribution in [0.4, 0.5) is 11.4 Å². The number of nitrogens with zero attached hydrogens (tertiary/aromatic N) is 2. The van der Waals surface area contributed by atoms with Crippen molar-refractivity contribution in [1.29, 1.82) is 0 Å². The molecule has 0 saturated heterocycles. The molecular weight excluding hydrogens is 662 g/mol. The number of azo groups is 1. The van der Waals surface area contributed by atoms with E-state index in [1.807, 2.05) is 78.9 Å². The van der Waals surface area contributed by atoms with E-state index in [0.717, 1.165) is 39.3 Å². The van der Waals surface area contributed by atoms with E-state index < -0.39 is 5.60 Å². The highest BCUT2D eigenvalue weighted by Gasteiger charge is 2.37. The van der Waals surface area contributed by atoms with Gasteiger partial charge in [0.2, 0.25) is 0 Å². The summed E-state index contributed by atoms with van der Waals surface area (Å²) in [7, 11) is 3.29. The van der Waals surface area contributed by atoms with E-state index in [1.54, 1.807) is 26.4 Å². The number of ether oxygens (including phenoxy) is 3. The first-order valence-corrected chi connectivity index (χ1v) is 16.0. The summed E-state index contributed by atoms with van der Waals surface area (Å²) in [4.78, 5) is 0. The summed E-state index contributed by atoms with van der Waals surface area (Å²) in [6.07, 6.45) is 1.06. The van der Waals surface area contributed by atoms with Crippen molar-refractivity contribution in [3.8, 4) is 11.5 Å². The molecule has 0 unspecified atom stereocenters. The molecule has 0 spiro atoms.